The third-order valence-electron chi connectivity index (χ3n) is 4.22. The van der Waals surface area contributed by atoms with Gasteiger partial charge in [-0.05, 0) is 11.0 Å². The van der Waals surface area contributed by atoms with Crippen LogP contribution >= 0.6 is 0 Å². The number of nitrogens with two attached hydrogens (primary N) is 1. The third-order valence-corrected chi connectivity index (χ3v) is 4.22. The number of carbonyl (C=O) groups excluding carboxylic acids is 2. The Balaban J connectivity index is 2.65. The van der Waals surface area contributed by atoms with Crippen molar-refractivity contribution in [3.63, 3.8) is 0 Å². The van der Waals surface area contributed by atoms with Crippen molar-refractivity contribution in [3.8, 4) is 17.1 Å². The van der Waals surface area contributed by atoms with E-state index in [1.165, 1.54) is 5.56 Å². The second-order valence-electron chi connectivity index (χ2n) is 8.67. The zero-order chi connectivity index (χ0) is 21.1. The number of primary amides is 1. The molecule has 0 aliphatic carbocycles. The van der Waals surface area contributed by atoms with Gasteiger partial charge in [0.2, 0.25) is 12.3 Å². The minimum Gasteiger partial charge on any atom is -0.389 e. The summed E-state index contributed by atoms with van der Waals surface area (Å²) in [4.78, 5) is 31.4. The summed E-state index contributed by atoms with van der Waals surface area (Å²) in [7, 11) is 0. The SMILES string of the molecule is CC(C)(C)c1ccc(-c2nc(OC(N)=O)c(C(C)(C)C)nc2CNC=O)cc1. The fourth-order valence-electron chi connectivity index (χ4n) is 2.73. The molecule has 1 heterocycles. The van der Waals surface area contributed by atoms with Crippen LogP contribution in [0.15, 0.2) is 24.3 Å². The van der Waals surface area contributed by atoms with Crippen molar-refractivity contribution in [1.29, 1.82) is 0 Å². The molecule has 0 bridgehead atoms. The molecule has 1 aromatic heterocycles. The molecule has 0 unspecified atom stereocenters. The van der Waals surface area contributed by atoms with Crippen LogP contribution in [0.1, 0.15) is 58.5 Å². The Hall–Kier alpha value is -2.96. The summed E-state index contributed by atoms with van der Waals surface area (Å²) in [5.41, 5.74) is 8.38. The number of nitrogens with zero attached hydrogens (tertiary/aromatic N) is 2. The fraction of sp³-hybridized carbons (Fsp3) is 0.429. The quantitative estimate of drug-likeness (QED) is 0.768. The highest BCUT2D eigenvalue weighted by atomic mass is 16.6. The Morgan fingerprint density at radius 2 is 1.68 bits per heavy atom. The lowest BCUT2D eigenvalue weighted by atomic mass is 9.86. The van der Waals surface area contributed by atoms with Crippen molar-refractivity contribution in [2.45, 2.75) is 58.9 Å². The molecule has 2 aromatic rings. The summed E-state index contributed by atoms with van der Waals surface area (Å²) < 4.78 is 5.15. The molecule has 0 aliphatic heterocycles. The first-order valence-electron chi connectivity index (χ1n) is 9.10. The Bertz CT molecular complexity index is 863. The Morgan fingerprint density at radius 1 is 1.07 bits per heavy atom. The predicted molar refractivity (Wildman–Crippen MR) is 108 cm³/mol. The van der Waals surface area contributed by atoms with Gasteiger partial charge in [-0.3, -0.25) is 4.79 Å². The fourth-order valence-corrected chi connectivity index (χ4v) is 2.73. The Labute approximate surface area is 165 Å². The molecule has 0 radical (unpaired) electrons. The summed E-state index contributed by atoms with van der Waals surface area (Å²) in [5, 5.41) is 2.63. The molecule has 7 heteroatoms. The number of aromatic nitrogens is 2. The summed E-state index contributed by atoms with van der Waals surface area (Å²) in [6.07, 6.45) is -0.341. The summed E-state index contributed by atoms with van der Waals surface area (Å²) in [6.45, 7) is 12.4. The highest BCUT2D eigenvalue weighted by Crippen LogP contribution is 2.33. The summed E-state index contributed by atoms with van der Waals surface area (Å²) in [6, 6.07) is 7.94. The van der Waals surface area contributed by atoms with Crippen molar-refractivity contribution >= 4 is 12.5 Å². The monoisotopic (exact) mass is 384 g/mol. The van der Waals surface area contributed by atoms with E-state index in [4.69, 9.17) is 10.5 Å². The van der Waals surface area contributed by atoms with Gasteiger partial charge in [0.15, 0.2) is 0 Å². The van der Waals surface area contributed by atoms with Crippen LogP contribution in [0.2, 0.25) is 0 Å². The molecular formula is C21H28N4O3. The molecule has 2 rings (SSSR count). The standard InChI is InChI=1S/C21H28N4O3/c1-20(2,3)14-9-7-13(8-10-14)16-15(11-23-12-26)24-17(21(4,5)6)18(25-16)28-19(22)27/h7-10,12H,11H2,1-6H3,(H2,22,27)(H,23,26). The summed E-state index contributed by atoms with van der Waals surface area (Å²) in [5.74, 6) is 0.0738. The number of amides is 2. The number of nitrogens with one attached hydrogen (secondary N) is 1. The molecule has 2 amide bonds. The molecule has 0 fully saturated rings. The molecule has 28 heavy (non-hydrogen) atoms. The van der Waals surface area contributed by atoms with Crippen molar-refractivity contribution < 1.29 is 14.3 Å². The van der Waals surface area contributed by atoms with E-state index in [1.54, 1.807) is 0 Å². The van der Waals surface area contributed by atoms with Crippen molar-refractivity contribution in [2.75, 3.05) is 0 Å². The van der Waals surface area contributed by atoms with Crippen LogP contribution in [0.4, 0.5) is 4.79 Å². The van der Waals surface area contributed by atoms with Crippen LogP contribution in [0, 0.1) is 0 Å². The van der Waals surface area contributed by atoms with Gasteiger partial charge in [-0.25, -0.2) is 14.8 Å². The topological polar surface area (TPSA) is 107 Å². The zero-order valence-electron chi connectivity index (χ0n) is 17.3. The van der Waals surface area contributed by atoms with E-state index in [-0.39, 0.29) is 17.8 Å². The second kappa shape index (κ2) is 7.96. The highest BCUT2D eigenvalue weighted by Gasteiger charge is 2.26. The van der Waals surface area contributed by atoms with E-state index in [0.29, 0.717) is 23.5 Å². The largest absolute Gasteiger partial charge is 0.411 e. The number of hydrogen-bond acceptors (Lipinski definition) is 5. The van der Waals surface area contributed by atoms with Gasteiger partial charge in [-0.2, -0.15) is 0 Å². The lowest BCUT2D eigenvalue weighted by molar-refractivity contribution is -0.109. The van der Waals surface area contributed by atoms with Crippen LogP contribution in [0.25, 0.3) is 11.3 Å². The number of hydrogen-bond donors (Lipinski definition) is 2. The lowest BCUT2D eigenvalue weighted by Gasteiger charge is -2.23. The lowest BCUT2D eigenvalue weighted by Crippen LogP contribution is -2.24. The number of ether oxygens (including phenoxy) is 1. The minimum absolute atomic E-state index is 0.0163. The molecule has 0 saturated heterocycles. The van der Waals surface area contributed by atoms with Crippen molar-refractivity contribution in [3.05, 3.63) is 41.2 Å². The first-order chi connectivity index (χ1) is 12.9. The van der Waals surface area contributed by atoms with E-state index in [9.17, 15) is 9.59 Å². The van der Waals surface area contributed by atoms with Gasteiger partial charge < -0.3 is 15.8 Å². The van der Waals surface area contributed by atoms with Gasteiger partial charge in [0, 0.05) is 11.0 Å². The number of benzene rings is 1. The molecule has 0 saturated carbocycles. The normalized spacial score (nSPS) is 11.8. The maximum Gasteiger partial charge on any atom is 0.411 e. The highest BCUT2D eigenvalue weighted by molar-refractivity contribution is 5.69. The maximum atomic E-state index is 11.4. The average Bonchev–Trinajstić information content (AvgIpc) is 2.58. The van der Waals surface area contributed by atoms with E-state index in [0.717, 1.165) is 5.56 Å². The number of rotatable bonds is 5. The minimum atomic E-state index is -0.951. The van der Waals surface area contributed by atoms with Crippen LogP contribution in [-0.2, 0) is 22.2 Å². The van der Waals surface area contributed by atoms with Gasteiger partial charge in [-0.1, -0.05) is 65.8 Å². The average molecular weight is 384 g/mol. The maximum absolute atomic E-state index is 11.4. The van der Waals surface area contributed by atoms with E-state index < -0.39 is 11.5 Å². The van der Waals surface area contributed by atoms with Crippen LogP contribution in [0.5, 0.6) is 5.88 Å². The molecule has 0 aliphatic rings. The molecule has 1 aromatic carbocycles. The summed E-state index contributed by atoms with van der Waals surface area (Å²) >= 11 is 0. The second-order valence-corrected chi connectivity index (χ2v) is 8.67. The molecule has 150 valence electrons. The van der Waals surface area contributed by atoms with Gasteiger partial charge in [-0.15, -0.1) is 0 Å². The zero-order valence-corrected chi connectivity index (χ0v) is 17.3. The molecular weight excluding hydrogens is 356 g/mol. The first kappa shape index (κ1) is 21.3. The van der Waals surface area contributed by atoms with Crippen LogP contribution in [-0.4, -0.2) is 22.5 Å². The van der Waals surface area contributed by atoms with Gasteiger partial charge in [0.25, 0.3) is 0 Å². The van der Waals surface area contributed by atoms with Crippen LogP contribution in [0.3, 0.4) is 0 Å². The Kier molecular flexibility index (Phi) is 6.07. The van der Waals surface area contributed by atoms with Crippen LogP contribution < -0.4 is 15.8 Å². The first-order valence-corrected chi connectivity index (χ1v) is 9.10. The number of carbonyl (C=O) groups is 2. The third kappa shape index (κ3) is 5.06. The van der Waals surface area contributed by atoms with Crippen molar-refractivity contribution in [2.24, 2.45) is 5.73 Å². The van der Waals surface area contributed by atoms with Gasteiger partial charge in [0.05, 0.1) is 17.9 Å². The molecule has 7 nitrogen and oxygen atoms in total. The van der Waals surface area contributed by atoms with E-state index in [2.05, 4.69) is 36.1 Å². The molecule has 0 spiro atoms. The predicted octanol–water partition coefficient (Wildman–Crippen LogP) is 3.44. The smallest absolute Gasteiger partial charge is 0.389 e. The molecule has 0 atom stereocenters. The van der Waals surface area contributed by atoms with Gasteiger partial charge in [0.1, 0.15) is 5.69 Å². The van der Waals surface area contributed by atoms with Gasteiger partial charge >= 0.3 is 6.09 Å². The van der Waals surface area contributed by atoms with Crippen molar-refractivity contribution in [1.82, 2.24) is 15.3 Å². The Morgan fingerprint density at radius 3 is 2.14 bits per heavy atom. The van der Waals surface area contributed by atoms with E-state index >= 15 is 0 Å². The van der Waals surface area contributed by atoms with E-state index in [1.807, 2.05) is 45.0 Å². The molecule has 3 N–H and O–H groups in total.